The Bertz CT molecular complexity index is 693. The molecular weight excluding hydrogens is 316 g/mol. The molecule has 1 N–H and O–H groups in total. The van der Waals surface area contributed by atoms with Gasteiger partial charge in [-0.05, 0) is 12.5 Å². The number of aliphatic carboxylic acids is 1. The summed E-state index contributed by atoms with van der Waals surface area (Å²) in [6.07, 6.45) is 0. The lowest BCUT2D eigenvalue weighted by molar-refractivity contribution is -0.144. The molecule has 1 fully saturated rings. The number of aliphatic imine (C=N–C) groups is 1. The number of carbonyl (C=O) groups is 1. The smallest absolute Gasteiger partial charge is 0.320 e. The second-order valence-corrected chi connectivity index (χ2v) is 6.48. The van der Waals surface area contributed by atoms with Gasteiger partial charge in [-0.15, -0.1) is 0 Å². The molecule has 0 spiro atoms. The maximum absolute atomic E-state index is 11.2. The van der Waals surface area contributed by atoms with E-state index in [1.54, 1.807) is 23.6 Å². The van der Waals surface area contributed by atoms with Gasteiger partial charge in [-0.25, -0.2) is 15.0 Å². The molecule has 0 radical (unpaired) electrons. The zero-order valence-electron chi connectivity index (χ0n) is 12.5. The SMILES string of the molecule is CC(C(=O)O)N1CN=C2OC3=CSC(c4ccccc4)N3N2C1. The molecule has 8 heteroatoms. The Morgan fingerprint density at radius 3 is 2.96 bits per heavy atom. The number of carboxylic acids is 1. The first-order valence-electron chi connectivity index (χ1n) is 7.31. The zero-order chi connectivity index (χ0) is 16.0. The van der Waals surface area contributed by atoms with Crippen LogP contribution in [0, 0.1) is 0 Å². The molecule has 2 atom stereocenters. The highest BCUT2D eigenvalue weighted by molar-refractivity contribution is 8.02. The van der Waals surface area contributed by atoms with Crippen LogP contribution in [0.15, 0.2) is 46.6 Å². The average molecular weight is 332 g/mol. The van der Waals surface area contributed by atoms with Crippen LogP contribution in [0.4, 0.5) is 0 Å². The number of nitrogens with zero attached hydrogens (tertiary/aromatic N) is 4. The van der Waals surface area contributed by atoms with Gasteiger partial charge in [0.25, 0.3) is 0 Å². The molecule has 0 amide bonds. The first-order valence-corrected chi connectivity index (χ1v) is 8.26. The summed E-state index contributed by atoms with van der Waals surface area (Å²) in [6, 6.07) is 10.1. The van der Waals surface area contributed by atoms with Crippen LogP contribution >= 0.6 is 11.8 Å². The van der Waals surface area contributed by atoms with E-state index >= 15 is 0 Å². The third-order valence-corrected chi connectivity index (χ3v) is 5.18. The quantitative estimate of drug-likeness (QED) is 0.906. The Hall–Kier alpha value is -2.19. The maximum atomic E-state index is 11.2. The molecule has 0 saturated carbocycles. The first-order chi connectivity index (χ1) is 11.1. The van der Waals surface area contributed by atoms with Gasteiger partial charge < -0.3 is 9.84 Å². The highest BCUT2D eigenvalue weighted by Gasteiger charge is 2.45. The fraction of sp³-hybridized carbons (Fsp3) is 0.333. The molecule has 7 nitrogen and oxygen atoms in total. The minimum atomic E-state index is -0.852. The minimum Gasteiger partial charge on any atom is -0.480 e. The van der Waals surface area contributed by atoms with Gasteiger partial charge in [-0.3, -0.25) is 9.69 Å². The van der Waals surface area contributed by atoms with Gasteiger partial charge >= 0.3 is 12.0 Å². The monoisotopic (exact) mass is 332 g/mol. The minimum absolute atomic E-state index is 0.0685. The lowest BCUT2D eigenvalue weighted by Gasteiger charge is -2.37. The van der Waals surface area contributed by atoms with Crippen LogP contribution in [0.5, 0.6) is 0 Å². The van der Waals surface area contributed by atoms with Crippen molar-refractivity contribution in [1.82, 2.24) is 14.9 Å². The van der Waals surface area contributed by atoms with Crippen LogP contribution in [-0.2, 0) is 9.53 Å². The van der Waals surface area contributed by atoms with Crippen LogP contribution in [0.2, 0.25) is 0 Å². The summed E-state index contributed by atoms with van der Waals surface area (Å²) < 4.78 is 5.80. The fourth-order valence-corrected chi connectivity index (χ4v) is 3.80. The van der Waals surface area contributed by atoms with E-state index in [1.807, 2.05) is 33.6 Å². The zero-order valence-corrected chi connectivity index (χ0v) is 13.3. The molecule has 2 unspecified atom stereocenters. The van der Waals surface area contributed by atoms with Crippen LogP contribution in [0.1, 0.15) is 17.9 Å². The molecule has 0 bridgehead atoms. The second kappa shape index (κ2) is 5.47. The van der Waals surface area contributed by atoms with Crippen LogP contribution < -0.4 is 0 Å². The fourth-order valence-electron chi connectivity index (χ4n) is 2.75. The van der Waals surface area contributed by atoms with Crippen LogP contribution in [0.3, 0.4) is 0 Å². The highest BCUT2D eigenvalue weighted by atomic mass is 32.2. The lowest BCUT2D eigenvalue weighted by atomic mass is 10.2. The van der Waals surface area contributed by atoms with E-state index in [0.717, 1.165) is 11.4 Å². The highest BCUT2D eigenvalue weighted by Crippen LogP contribution is 2.47. The molecule has 3 aliphatic heterocycles. The number of hydrogen-bond donors (Lipinski definition) is 1. The molecule has 4 rings (SSSR count). The molecule has 1 aromatic rings. The molecule has 3 heterocycles. The molecule has 0 aromatic heterocycles. The van der Waals surface area contributed by atoms with E-state index in [9.17, 15) is 9.90 Å². The Morgan fingerprint density at radius 2 is 2.22 bits per heavy atom. The van der Waals surface area contributed by atoms with Crippen molar-refractivity contribution in [3.8, 4) is 0 Å². The van der Waals surface area contributed by atoms with Crippen molar-refractivity contribution in [2.75, 3.05) is 13.3 Å². The maximum Gasteiger partial charge on any atom is 0.320 e. The molecule has 0 aliphatic carbocycles. The second-order valence-electron chi connectivity index (χ2n) is 5.53. The summed E-state index contributed by atoms with van der Waals surface area (Å²) in [6.45, 7) is 2.43. The number of carboxylic acid groups (broad SMARTS) is 1. The number of ether oxygens (including phenoxy) is 1. The predicted molar refractivity (Wildman–Crippen MR) is 85.7 cm³/mol. The summed E-state index contributed by atoms with van der Waals surface area (Å²) in [5, 5.41) is 15.2. The molecular formula is C15H16N4O3S. The Morgan fingerprint density at radius 1 is 1.43 bits per heavy atom. The molecule has 120 valence electrons. The molecule has 1 aromatic carbocycles. The topological polar surface area (TPSA) is 68.6 Å². The van der Waals surface area contributed by atoms with Crippen molar-refractivity contribution < 1.29 is 14.6 Å². The van der Waals surface area contributed by atoms with Crippen molar-refractivity contribution in [1.29, 1.82) is 0 Å². The standard InChI is InChI=1S/C15H16N4O3S/c1-10(14(20)21)17-8-16-15-18(9-17)19-12(22-15)7-23-13(19)11-5-3-2-4-6-11/h2-7,10,13H,8-9H2,1H3,(H,20,21). The van der Waals surface area contributed by atoms with Gasteiger partial charge in [-0.2, -0.15) is 0 Å². The first kappa shape index (κ1) is 14.4. The van der Waals surface area contributed by atoms with Gasteiger partial charge in [0.05, 0.1) is 13.3 Å². The molecule has 1 saturated heterocycles. The summed E-state index contributed by atoms with van der Waals surface area (Å²) in [7, 11) is 0. The van der Waals surface area contributed by atoms with Crippen LogP contribution in [0.25, 0.3) is 0 Å². The molecule has 3 aliphatic rings. The van der Waals surface area contributed by atoms with Crippen molar-refractivity contribution in [3.63, 3.8) is 0 Å². The number of fused-ring (bicyclic) bond motifs is 3. The Labute approximate surface area is 137 Å². The number of amidine groups is 1. The predicted octanol–water partition coefficient (Wildman–Crippen LogP) is 1.84. The van der Waals surface area contributed by atoms with Crippen molar-refractivity contribution in [3.05, 3.63) is 47.2 Å². The Balaban J connectivity index is 1.61. The van der Waals surface area contributed by atoms with Gasteiger partial charge in [-0.1, -0.05) is 42.1 Å². The van der Waals surface area contributed by atoms with Crippen LogP contribution in [-0.4, -0.2) is 51.4 Å². The van der Waals surface area contributed by atoms with E-state index < -0.39 is 12.0 Å². The van der Waals surface area contributed by atoms with Crippen molar-refractivity contribution in [2.45, 2.75) is 18.3 Å². The number of thioether (sulfide) groups is 1. The summed E-state index contributed by atoms with van der Waals surface area (Å²) >= 11 is 1.67. The Kier molecular flexibility index (Phi) is 3.42. The van der Waals surface area contributed by atoms with Gasteiger partial charge in [0.2, 0.25) is 5.88 Å². The number of rotatable bonds is 3. The lowest BCUT2D eigenvalue weighted by Crippen LogP contribution is -2.53. The summed E-state index contributed by atoms with van der Waals surface area (Å²) in [5.41, 5.74) is 1.16. The van der Waals surface area contributed by atoms with E-state index in [1.165, 1.54) is 0 Å². The molecule has 23 heavy (non-hydrogen) atoms. The van der Waals surface area contributed by atoms with Gasteiger partial charge in [0, 0.05) is 5.41 Å². The average Bonchev–Trinajstić information content (AvgIpc) is 3.13. The summed E-state index contributed by atoms with van der Waals surface area (Å²) in [4.78, 5) is 17.4. The summed E-state index contributed by atoms with van der Waals surface area (Å²) in [5.74, 6) is -0.109. The van der Waals surface area contributed by atoms with E-state index in [-0.39, 0.29) is 5.37 Å². The largest absolute Gasteiger partial charge is 0.480 e. The third-order valence-electron chi connectivity index (χ3n) is 4.12. The van der Waals surface area contributed by atoms with E-state index in [0.29, 0.717) is 19.4 Å². The number of hydrazine groups is 1. The van der Waals surface area contributed by atoms with Gasteiger partial charge in [0.1, 0.15) is 11.4 Å². The van der Waals surface area contributed by atoms with Crippen molar-refractivity contribution in [2.24, 2.45) is 4.99 Å². The van der Waals surface area contributed by atoms with E-state index in [2.05, 4.69) is 17.1 Å². The normalized spacial score (nSPS) is 24.5. The van der Waals surface area contributed by atoms with E-state index in [4.69, 9.17) is 4.74 Å². The third kappa shape index (κ3) is 2.34. The number of hydrogen-bond acceptors (Lipinski definition) is 7. The van der Waals surface area contributed by atoms with Gasteiger partial charge in [0.15, 0.2) is 0 Å². The number of benzene rings is 1. The van der Waals surface area contributed by atoms with Crippen molar-refractivity contribution >= 4 is 23.8 Å².